The third-order valence-electron chi connectivity index (χ3n) is 4.30. The number of fused-ring (bicyclic) bond motifs is 1. The van der Waals surface area contributed by atoms with E-state index in [9.17, 15) is 5.26 Å². The van der Waals surface area contributed by atoms with Crippen LogP contribution in [0.5, 0.6) is 0 Å². The number of aromatic nitrogens is 2. The smallest absolute Gasteiger partial charge is 0.137 e. The number of halogens is 1. The molecule has 2 aromatic heterocycles. The molecule has 0 aromatic carbocycles. The Kier molecular flexibility index (Phi) is 3.64. The van der Waals surface area contributed by atoms with Crippen LogP contribution in [0.25, 0.3) is 5.65 Å². The van der Waals surface area contributed by atoms with Crippen molar-refractivity contribution in [2.24, 2.45) is 5.41 Å². The van der Waals surface area contributed by atoms with E-state index in [0.717, 1.165) is 49.5 Å². The van der Waals surface area contributed by atoms with Crippen LogP contribution in [0.4, 0.5) is 0 Å². The van der Waals surface area contributed by atoms with Crippen LogP contribution in [0.15, 0.2) is 18.3 Å². The first-order valence-electron chi connectivity index (χ1n) is 7.27. The van der Waals surface area contributed by atoms with Crippen molar-refractivity contribution in [3.63, 3.8) is 0 Å². The minimum atomic E-state index is -0.232. The zero-order valence-corrected chi connectivity index (χ0v) is 13.2. The van der Waals surface area contributed by atoms with Crippen LogP contribution in [0.1, 0.15) is 31.2 Å². The molecule has 0 bridgehead atoms. The Hall–Kier alpha value is -1.57. The largest absolute Gasteiger partial charge is 0.301 e. The van der Waals surface area contributed by atoms with Gasteiger partial charge in [-0.1, -0.05) is 11.6 Å². The highest BCUT2D eigenvalue weighted by Crippen LogP contribution is 2.29. The Bertz CT molecular complexity index is 715. The molecule has 0 amide bonds. The van der Waals surface area contributed by atoms with E-state index in [4.69, 9.17) is 11.6 Å². The lowest BCUT2D eigenvalue weighted by molar-refractivity contribution is 0.135. The van der Waals surface area contributed by atoms with E-state index in [0.29, 0.717) is 5.02 Å². The number of hydrogen-bond acceptors (Lipinski definition) is 3. The summed E-state index contributed by atoms with van der Waals surface area (Å²) in [5.74, 6) is 0. The first kappa shape index (κ1) is 14.4. The molecule has 110 valence electrons. The van der Waals surface area contributed by atoms with Gasteiger partial charge >= 0.3 is 0 Å². The first-order chi connectivity index (χ1) is 10.0. The van der Waals surface area contributed by atoms with Gasteiger partial charge in [0.15, 0.2) is 0 Å². The van der Waals surface area contributed by atoms with Gasteiger partial charge < -0.3 is 4.40 Å². The maximum absolute atomic E-state index is 9.35. The van der Waals surface area contributed by atoms with Crippen molar-refractivity contribution in [2.75, 3.05) is 13.1 Å². The van der Waals surface area contributed by atoms with Crippen LogP contribution in [-0.2, 0) is 6.54 Å². The summed E-state index contributed by atoms with van der Waals surface area (Å²) >= 11 is 6.11. The number of nitriles is 1. The highest BCUT2D eigenvalue weighted by Gasteiger charge is 2.31. The second kappa shape index (κ2) is 5.32. The molecule has 0 saturated carbocycles. The molecule has 0 unspecified atom stereocenters. The number of likely N-dealkylation sites (tertiary alicyclic amines) is 1. The zero-order valence-electron chi connectivity index (χ0n) is 12.4. The van der Waals surface area contributed by atoms with Crippen LogP contribution in [0.3, 0.4) is 0 Å². The molecule has 4 nitrogen and oxygen atoms in total. The van der Waals surface area contributed by atoms with Crippen LogP contribution in [-0.4, -0.2) is 27.4 Å². The van der Waals surface area contributed by atoms with E-state index in [2.05, 4.69) is 27.3 Å². The van der Waals surface area contributed by atoms with E-state index in [1.165, 1.54) is 0 Å². The minimum Gasteiger partial charge on any atom is -0.301 e. The van der Waals surface area contributed by atoms with E-state index < -0.39 is 0 Å². The molecule has 1 aliphatic rings. The number of aryl methyl sites for hydroxylation is 1. The monoisotopic (exact) mass is 302 g/mol. The van der Waals surface area contributed by atoms with Gasteiger partial charge in [0, 0.05) is 19.3 Å². The van der Waals surface area contributed by atoms with Gasteiger partial charge in [-0.15, -0.1) is 0 Å². The molecule has 3 rings (SSSR count). The molecule has 0 aliphatic carbocycles. The Morgan fingerprint density at radius 1 is 1.48 bits per heavy atom. The van der Waals surface area contributed by atoms with E-state index >= 15 is 0 Å². The fourth-order valence-corrected chi connectivity index (χ4v) is 3.32. The van der Waals surface area contributed by atoms with Crippen molar-refractivity contribution >= 4 is 17.2 Å². The van der Waals surface area contributed by atoms with Crippen molar-refractivity contribution in [3.8, 4) is 6.07 Å². The molecule has 1 saturated heterocycles. The number of hydrogen-bond donors (Lipinski definition) is 0. The van der Waals surface area contributed by atoms with Crippen molar-refractivity contribution in [2.45, 2.75) is 33.2 Å². The van der Waals surface area contributed by atoms with Crippen LogP contribution >= 0.6 is 11.6 Å². The first-order valence-corrected chi connectivity index (χ1v) is 7.65. The Balaban J connectivity index is 1.90. The molecule has 2 aromatic rings. The van der Waals surface area contributed by atoms with Gasteiger partial charge in [-0.05, 0) is 45.4 Å². The summed E-state index contributed by atoms with van der Waals surface area (Å²) < 4.78 is 2.07. The second-order valence-electron chi connectivity index (χ2n) is 6.21. The molecule has 1 fully saturated rings. The van der Waals surface area contributed by atoms with Gasteiger partial charge in [-0.2, -0.15) is 5.26 Å². The molecule has 5 heteroatoms. The zero-order chi connectivity index (χ0) is 15.0. The Labute approximate surface area is 130 Å². The van der Waals surface area contributed by atoms with Gasteiger partial charge in [-0.3, -0.25) is 4.90 Å². The highest BCUT2D eigenvalue weighted by atomic mass is 35.5. The molecule has 3 heterocycles. The highest BCUT2D eigenvalue weighted by molar-refractivity contribution is 6.30. The topological polar surface area (TPSA) is 44.3 Å². The van der Waals surface area contributed by atoms with Gasteiger partial charge in [0.25, 0.3) is 0 Å². The van der Waals surface area contributed by atoms with Crippen molar-refractivity contribution in [1.29, 1.82) is 5.26 Å². The Morgan fingerprint density at radius 3 is 3.05 bits per heavy atom. The number of imidazole rings is 1. The fraction of sp³-hybridized carbons (Fsp3) is 0.500. The van der Waals surface area contributed by atoms with Crippen LogP contribution < -0.4 is 0 Å². The number of piperidine rings is 1. The quantitative estimate of drug-likeness (QED) is 0.854. The SMILES string of the molecule is Cc1nc2ccc(Cl)cn2c1CN1CCC[C@](C)(C#N)C1. The average molecular weight is 303 g/mol. The number of nitrogens with zero attached hydrogens (tertiary/aromatic N) is 4. The lowest BCUT2D eigenvalue weighted by atomic mass is 9.83. The summed E-state index contributed by atoms with van der Waals surface area (Å²) in [6.45, 7) is 6.74. The van der Waals surface area contributed by atoms with Crippen molar-refractivity contribution in [3.05, 3.63) is 34.7 Å². The van der Waals surface area contributed by atoms with E-state index in [1.54, 1.807) is 0 Å². The van der Waals surface area contributed by atoms with Gasteiger partial charge in [0.2, 0.25) is 0 Å². The molecule has 0 spiro atoms. The van der Waals surface area contributed by atoms with Gasteiger partial charge in [0.1, 0.15) is 5.65 Å². The van der Waals surface area contributed by atoms with Crippen LogP contribution in [0.2, 0.25) is 5.02 Å². The maximum Gasteiger partial charge on any atom is 0.137 e. The number of pyridine rings is 1. The summed E-state index contributed by atoms with van der Waals surface area (Å²) in [7, 11) is 0. The average Bonchev–Trinajstić information content (AvgIpc) is 2.75. The summed E-state index contributed by atoms with van der Waals surface area (Å²) in [6, 6.07) is 6.27. The number of rotatable bonds is 2. The van der Waals surface area contributed by atoms with E-state index in [1.807, 2.05) is 25.3 Å². The summed E-state index contributed by atoms with van der Waals surface area (Å²) in [6.07, 6.45) is 3.97. The lowest BCUT2D eigenvalue weighted by Crippen LogP contribution is -2.40. The van der Waals surface area contributed by atoms with E-state index in [-0.39, 0.29) is 5.41 Å². The third-order valence-corrected chi connectivity index (χ3v) is 4.52. The predicted octanol–water partition coefficient (Wildman–Crippen LogP) is 3.42. The Morgan fingerprint density at radius 2 is 2.29 bits per heavy atom. The second-order valence-corrected chi connectivity index (χ2v) is 6.64. The molecule has 0 N–H and O–H groups in total. The predicted molar refractivity (Wildman–Crippen MR) is 83.2 cm³/mol. The van der Waals surface area contributed by atoms with Crippen LogP contribution in [0, 0.1) is 23.7 Å². The molecule has 21 heavy (non-hydrogen) atoms. The minimum absolute atomic E-state index is 0.232. The fourth-order valence-electron chi connectivity index (χ4n) is 3.16. The lowest BCUT2D eigenvalue weighted by Gasteiger charge is -2.35. The van der Waals surface area contributed by atoms with Crippen molar-refractivity contribution < 1.29 is 0 Å². The molecule has 1 aliphatic heterocycles. The molecule has 0 radical (unpaired) electrons. The van der Waals surface area contributed by atoms with Gasteiger partial charge in [0.05, 0.1) is 27.9 Å². The maximum atomic E-state index is 9.35. The standard InChI is InChI=1S/C16H19ClN4/c1-12-14(21-8-13(17)4-5-15(21)19-12)9-20-7-3-6-16(2,10-18)11-20/h4-5,8H,3,6-7,9,11H2,1-2H3/t16-/m1/s1. The summed E-state index contributed by atoms with van der Waals surface area (Å²) in [5, 5.41) is 10.1. The third kappa shape index (κ3) is 2.76. The van der Waals surface area contributed by atoms with Gasteiger partial charge in [-0.25, -0.2) is 4.98 Å². The summed E-state index contributed by atoms with van der Waals surface area (Å²) in [5.41, 5.74) is 2.88. The summed E-state index contributed by atoms with van der Waals surface area (Å²) in [4.78, 5) is 6.94. The molecule has 1 atom stereocenters. The molecular formula is C16H19ClN4. The normalized spacial score (nSPS) is 23.3. The van der Waals surface area contributed by atoms with Crippen molar-refractivity contribution in [1.82, 2.24) is 14.3 Å². The molecular weight excluding hydrogens is 284 g/mol.